The van der Waals surface area contributed by atoms with E-state index in [4.69, 9.17) is 4.74 Å². The topological polar surface area (TPSA) is 37.4 Å². The zero-order valence-corrected chi connectivity index (χ0v) is 12.3. The molecule has 0 spiro atoms. The third-order valence-electron chi connectivity index (χ3n) is 3.39. The molecular formula is C13H23N3OS. The summed E-state index contributed by atoms with van der Waals surface area (Å²) in [5.41, 5.74) is 0. The van der Waals surface area contributed by atoms with Gasteiger partial charge in [0.15, 0.2) is 5.13 Å². The number of likely N-dealkylation sites (N-methyl/N-ethyl adjacent to an activating group) is 1. The first-order chi connectivity index (χ1) is 8.70. The van der Waals surface area contributed by atoms with E-state index < -0.39 is 0 Å². The Morgan fingerprint density at radius 2 is 2.44 bits per heavy atom. The van der Waals surface area contributed by atoms with Crippen LogP contribution in [0.15, 0.2) is 6.20 Å². The molecule has 1 aliphatic rings. The Labute approximate surface area is 113 Å². The Morgan fingerprint density at radius 1 is 1.61 bits per heavy atom. The van der Waals surface area contributed by atoms with Gasteiger partial charge in [0.25, 0.3) is 0 Å². The molecule has 0 amide bonds. The van der Waals surface area contributed by atoms with Crippen LogP contribution in [0.5, 0.6) is 0 Å². The predicted octanol–water partition coefficient (Wildman–Crippen LogP) is 2.57. The standard InChI is InChI=1S/C13H23N3OS/c1-4-6-14-13-15-8-11(18-13)9-16(3)12-5-7-17-10(12)2/h8,10,12H,4-7,9H2,1-3H3,(H,14,15). The first-order valence-electron chi connectivity index (χ1n) is 6.71. The van der Waals surface area contributed by atoms with Gasteiger partial charge in [0, 0.05) is 36.8 Å². The molecule has 2 rings (SSSR count). The van der Waals surface area contributed by atoms with Crippen LogP contribution in [0.4, 0.5) is 5.13 Å². The molecule has 2 unspecified atom stereocenters. The van der Waals surface area contributed by atoms with Crippen LogP contribution in [0, 0.1) is 0 Å². The van der Waals surface area contributed by atoms with Crippen LogP contribution in [-0.2, 0) is 11.3 Å². The van der Waals surface area contributed by atoms with E-state index in [9.17, 15) is 0 Å². The molecule has 5 heteroatoms. The molecule has 1 aromatic rings. The first-order valence-corrected chi connectivity index (χ1v) is 7.52. The maximum absolute atomic E-state index is 5.62. The van der Waals surface area contributed by atoms with E-state index in [1.165, 1.54) is 4.88 Å². The van der Waals surface area contributed by atoms with Crippen LogP contribution in [0.25, 0.3) is 0 Å². The lowest BCUT2D eigenvalue weighted by atomic mass is 10.1. The molecule has 1 saturated heterocycles. The summed E-state index contributed by atoms with van der Waals surface area (Å²) in [4.78, 5) is 8.10. The highest BCUT2D eigenvalue weighted by molar-refractivity contribution is 7.15. The Hall–Kier alpha value is -0.650. The summed E-state index contributed by atoms with van der Waals surface area (Å²) in [5, 5.41) is 4.37. The van der Waals surface area contributed by atoms with Gasteiger partial charge in [-0.15, -0.1) is 11.3 Å². The summed E-state index contributed by atoms with van der Waals surface area (Å²) in [6.45, 7) is 7.17. The molecule has 4 nitrogen and oxygen atoms in total. The Morgan fingerprint density at radius 3 is 3.11 bits per heavy atom. The number of hydrogen-bond acceptors (Lipinski definition) is 5. The molecule has 1 fully saturated rings. The average Bonchev–Trinajstić information content (AvgIpc) is 2.95. The number of thiazole rings is 1. The van der Waals surface area contributed by atoms with Crippen molar-refractivity contribution in [3.05, 3.63) is 11.1 Å². The monoisotopic (exact) mass is 269 g/mol. The van der Waals surface area contributed by atoms with E-state index in [0.29, 0.717) is 12.1 Å². The molecule has 18 heavy (non-hydrogen) atoms. The van der Waals surface area contributed by atoms with E-state index in [2.05, 4.69) is 36.1 Å². The van der Waals surface area contributed by atoms with Gasteiger partial charge < -0.3 is 10.1 Å². The molecule has 0 radical (unpaired) electrons. The highest BCUT2D eigenvalue weighted by Gasteiger charge is 2.27. The summed E-state index contributed by atoms with van der Waals surface area (Å²) in [6, 6.07) is 0.541. The molecule has 0 saturated carbocycles. The molecular weight excluding hydrogens is 246 g/mol. The van der Waals surface area contributed by atoms with Gasteiger partial charge in [0.1, 0.15) is 0 Å². The fraction of sp³-hybridized carbons (Fsp3) is 0.769. The number of hydrogen-bond donors (Lipinski definition) is 1. The second kappa shape index (κ2) is 6.50. The number of nitrogens with zero attached hydrogens (tertiary/aromatic N) is 2. The number of rotatable bonds is 6. The molecule has 102 valence electrons. The van der Waals surface area contributed by atoms with Crippen LogP contribution in [0.2, 0.25) is 0 Å². The van der Waals surface area contributed by atoms with Crippen molar-refractivity contribution < 1.29 is 4.74 Å². The van der Waals surface area contributed by atoms with Crippen molar-refractivity contribution in [2.45, 2.75) is 45.4 Å². The maximum atomic E-state index is 5.62. The van der Waals surface area contributed by atoms with Crippen LogP contribution < -0.4 is 5.32 Å². The van der Waals surface area contributed by atoms with Gasteiger partial charge in [-0.2, -0.15) is 0 Å². The third-order valence-corrected chi connectivity index (χ3v) is 4.33. The fourth-order valence-corrected chi connectivity index (χ4v) is 3.26. The van der Waals surface area contributed by atoms with E-state index in [1.807, 2.05) is 6.20 Å². The molecule has 0 aliphatic carbocycles. The highest BCUT2D eigenvalue weighted by atomic mass is 32.1. The van der Waals surface area contributed by atoms with Crippen molar-refractivity contribution >= 4 is 16.5 Å². The Bertz CT molecular complexity index is 369. The lowest BCUT2D eigenvalue weighted by Gasteiger charge is -2.25. The van der Waals surface area contributed by atoms with Gasteiger partial charge in [-0.1, -0.05) is 6.92 Å². The molecule has 1 N–H and O–H groups in total. The van der Waals surface area contributed by atoms with Crippen LogP contribution >= 0.6 is 11.3 Å². The molecule has 1 aromatic heterocycles. The SMILES string of the molecule is CCCNc1ncc(CN(C)C2CCOC2C)s1. The first kappa shape index (κ1) is 13.8. The summed E-state index contributed by atoms with van der Waals surface area (Å²) in [6.07, 6.45) is 4.60. The normalized spacial score (nSPS) is 23.8. The Kier molecular flexibility index (Phi) is 4.97. The molecule has 0 bridgehead atoms. The Balaban J connectivity index is 1.86. The second-order valence-electron chi connectivity index (χ2n) is 4.91. The van der Waals surface area contributed by atoms with E-state index in [1.54, 1.807) is 11.3 Å². The molecule has 2 atom stereocenters. The van der Waals surface area contributed by atoms with Crippen molar-refractivity contribution in [3.8, 4) is 0 Å². The highest BCUT2D eigenvalue weighted by Crippen LogP contribution is 2.23. The molecule has 2 heterocycles. The van der Waals surface area contributed by atoms with Gasteiger partial charge in [-0.3, -0.25) is 4.90 Å². The summed E-state index contributed by atoms with van der Waals surface area (Å²) >= 11 is 1.76. The van der Waals surface area contributed by atoms with Gasteiger partial charge in [0.2, 0.25) is 0 Å². The lowest BCUT2D eigenvalue weighted by molar-refractivity contribution is 0.0817. The van der Waals surface area contributed by atoms with Crippen molar-refractivity contribution in [2.75, 3.05) is 25.5 Å². The number of anilines is 1. The van der Waals surface area contributed by atoms with Crippen LogP contribution in [0.3, 0.4) is 0 Å². The number of aromatic nitrogens is 1. The van der Waals surface area contributed by atoms with E-state index >= 15 is 0 Å². The minimum absolute atomic E-state index is 0.348. The minimum atomic E-state index is 0.348. The van der Waals surface area contributed by atoms with Gasteiger partial charge in [0.05, 0.1) is 6.10 Å². The zero-order valence-electron chi connectivity index (χ0n) is 11.5. The van der Waals surface area contributed by atoms with Gasteiger partial charge >= 0.3 is 0 Å². The summed E-state index contributed by atoms with van der Waals surface area (Å²) < 4.78 is 5.62. The van der Waals surface area contributed by atoms with Crippen molar-refractivity contribution in [3.63, 3.8) is 0 Å². The largest absolute Gasteiger partial charge is 0.377 e. The second-order valence-corrected chi connectivity index (χ2v) is 6.02. The van der Waals surface area contributed by atoms with Crippen LogP contribution in [0.1, 0.15) is 31.6 Å². The van der Waals surface area contributed by atoms with Gasteiger partial charge in [-0.25, -0.2) is 4.98 Å². The van der Waals surface area contributed by atoms with Crippen molar-refractivity contribution in [1.29, 1.82) is 0 Å². The summed E-state index contributed by atoms with van der Waals surface area (Å²) in [5.74, 6) is 0. The number of ether oxygens (including phenoxy) is 1. The average molecular weight is 269 g/mol. The molecule has 0 aromatic carbocycles. The predicted molar refractivity (Wildman–Crippen MR) is 76.2 cm³/mol. The van der Waals surface area contributed by atoms with E-state index in [-0.39, 0.29) is 0 Å². The quantitative estimate of drug-likeness (QED) is 0.861. The number of nitrogens with one attached hydrogen (secondary N) is 1. The third kappa shape index (κ3) is 3.43. The van der Waals surface area contributed by atoms with Crippen molar-refractivity contribution in [1.82, 2.24) is 9.88 Å². The summed E-state index contributed by atoms with van der Waals surface area (Å²) in [7, 11) is 2.18. The van der Waals surface area contributed by atoms with Crippen molar-refractivity contribution in [2.24, 2.45) is 0 Å². The smallest absolute Gasteiger partial charge is 0.182 e. The van der Waals surface area contributed by atoms with Crippen LogP contribution in [-0.4, -0.2) is 42.2 Å². The minimum Gasteiger partial charge on any atom is -0.377 e. The van der Waals surface area contributed by atoms with E-state index in [0.717, 1.165) is 37.7 Å². The zero-order chi connectivity index (χ0) is 13.0. The maximum Gasteiger partial charge on any atom is 0.182 e. The molecule has 1 aliphatic heterocycles. The fourth-order valence-electron chi connectivity index (χ4n) is 2.36. The lowest BCUT2D eigenvalue weighted by Crippen LogP contribution is -2.35. The van der Waals surface area contributed by atoms with Gasteiger partial charge in [-0.05, 0) is 26.8 Å².